The number of imide groups is 1. The van der Waals surface area contributed by atoms with Crippen LogP contribution in [0.5, 0.6) is 11.5 Å². The number of hydrogen-bond donors (Lipinski definition) is 1. The van der Waals surface area contributed by atoms with Crippen LogP contribution in [0.1, 0.15) is 16.0 Å². The molecule has 0 aliphatic carbocycles. The lowest BCUT2D eigenvalue weighted by atomic mass is 10.1. The van der Waals surface area contributed by atoms with Gasteiger partial charge in [0, 0.05) is 6.54 Å². The van der Waals surface area contributed by atoms with E-state index in [1.54, 1.807) is 38.5 Å². The van der Waals surface area contributed by atoms with Crippen LogP contribution in [0.4, 0.5) is 10.5 Å². The fourth-order valence-electron chi connectivity index (χ4n) is 2.95. The van der Waals surface area contributed by atoms with Crippen LogP contribution < -0.4 is 19.7 Å². The van der Waals surface area contributed by atoms with Gasteiger partial charge in [0.05, 0.1) is 19.9 Å². The molecule has 6 nitrogen and oxygen atoms in total. The van der Waals surface area contributed by atoms with Gasteiger partial charge in [0.2, 0.25) is 0 Å². The monoisotopic (exact) mass is 482 g/mol. The fourth-order valence-corrected chi connectivity index (χ4v) is 3.46. The first-order chi connectivity index (χ1) is 15.0. The van der Waals surface area contributed by atoms with Gasteiger partial charge in [-0.15, -0.1) is 0 Å². The first-order valence-electron chi connectivity index (χ1n) is 9.61. The summed E-state index contributed by atoms with van der Waals surface area (Å²) >= 11 is 3.45. The van der Waals surface area contributed by atoms with Gasteiger partial charge < -0.3 is 14.8 Å². The molecule has 3 amide bonds. The maximum atomic E-state index is 13.3. The molecular formula is C24H23BrN2O4. The highest BCUT2D eigenvalue weighted by molar-refractivity contribution is 9.09. The number of benzene rings is 3. The lowest BCUT2D eigenvalue weighted by Crippen LogP contribution is -2.45. The van der Waals surface area contributed by atoms with Gasteiger partial charge in [0.25, 0.3) is 5.91 Å². The number of anilines is 1. The number of amides is 3. The Kier molecular flexibility index (Phi) is 7.67. The second-order valence-corrected chi connectivity index (χ2v) is 7.57. The molecule has 0 saturated heterocycles. The van der Waals surface area contributed by atoms with Crippen LogP contribution >= 0.6 is 15.9 Å². The van der Waals surface area contributed by atoms with Crippen molar-refractivity contribution in [3.63, 3.8) is 0 Å². The molecule has 160 valence electrons. The van der Waals surface area contributed by atoms with Crippen LogP contribution in [0.25, 0.3) is 0 Å². The molecule has 1 unspecified atom stereocenters. The highest BCUT2D eigenvalue weighted by Gasteiger charge is 2.29. The number of alkyl halides is 1. The third kappa shape index (κ3) is 5.64. The maximum absolute atomic E-state index is 13.3. The van der Waals surface area contributed by atoms with Crippen molar-refractivity contribution in [2.24, 2.45) is 0 Å². The van der Waals surface area contributed by atoms with Crippen molar-refractivity contribution in [3.8, 4) is 11.5 Å². The predicted molar refractivity (Wildman–Crippen MR) is 124 cm³/mol. The van der Waals surface area contributed by atoms with Gasteiger partial charge in [-0.05, 0) is 47.5 Å². The Morgan fingerprint density at radius 2 is 1.42 bits per heavy atom. The molecule has 3 rings (SSSR count). The van der Waals surface area contributed by atoms with Crippen molar-refractivity contribution in [2.45, 2.75) is 11.4 Å². The normalized spacial score (nSPS) is 11.3. The summed E-state index contributed by atoms with van der Waals surface area (Å²) in [6.45, 7) is 0.265. The lowest BCUT2D eigenvalue weighted by Gasteiger charge is -2.24. The van der Waals surface area contributed by atoms with E-state index >= 15 is 0 Å². The largest absolute Gasteiger partial charge is 0.497 e. The molecule has 1 N–H and O–H groups in total. The number of nitrogens with one attached hydrogen (secondary N) is 1. The minimum Gasteiger partial charge on any atom is -0.497 e. The van der Waals surface area contributed by atoms with Crippen molar-refractivity contribution in [1.82, 2.24) is 5.32 Å². The Bertz CT molecular complexity index is 1010. The Morgan fingerprint density at radius 1 is 0.871 bits per heavy atom. The first kappa shape index (κ1) is 22.4. The Balaban J connectivity index is 1.83. The van der Waals surface area contributed by atoms with Crippen molar-refractivity contribution >= 4 is 33.6 Å². The lowest BCUT2D eigenvalue weighted by molar-refractivity contribution is -0.117. The number of urea groups is 1. The summed E-state index contributed by atoms with van der Waals surface area (Å²) in [5.74, 6) is 0.965. The van der Waals surface area contributed by atoms with E-state index in [1.807, 2.05) is 54.6 Å². The Labute approximate surface area is 189 Å². The molecule has 1 atom stereocenters. The van der Waals surface area contributed by atoms with Gasteiger partial charge in [-0.25, -0.2) is 9.69 Å². The van der Waals surface area contributed by atoms with Crippen molar-refractivity contribution in [2.75, 3.05) is 19.1 Å². The van der Waals surface area contributed by atoms with Gasteiger partial charge in [-0.3, -0.25) is 4.79 Å². The van der Waals surface area contributed by atoms with Gasteiger partial charge in [0.1, 0.15) is 16.3 Å². The second-order valence-electron chi connectivity index (χ2n) is 6.65. The molecule has 0 radical (unpaired) electrons. The average molecular weight is 483 g/mol. The zero-order valence-electron chi connectivity index (χ0n) is 17.2. The quantitative estimate of drug-likeness (QED) is 0.476. The zero-order valence-corrected chi connectivity index (χ0v) is 18.8. The summed E-state index contributed by atoms with van der Waals surface area (Å²) < 4.78 is 10.3. The van der Waals surface area contributed by atoms with Crippen LogP contribution in [0.2, 0.25) is 0 Å². The fraction of sp³-hybridized carbons (Fsp3) is 0.167. The third-order valence-corrected chi connectivity index (χ3v) is 5.59. The molecule has 0 aliphatic heterocycles. The van der Waals surface area contributed by atoms with E-state index in [4.69, 9.17) is 9.47 Å². The van der Waals surface area contributed by atoms with Crippen LogP contribution in [0, 0.1) is 0 Å². The summed E-state index contributed by atoms with van der Waals surface area (Å²) in [5.41, 5.74) is 2.09. The van der Waals surface area contributed by atoms with Crippen LogP contribution in [0.3, 0.4) is 0 Å². The van der Waals surface area contributed by atoms with Crippen molar-refractivity contribution in [1.29, 1.82) is 0 Å². The molecule has 0 heterocycles. The molecule has 3 aromatic rings. The molecular weight excluding hydrogens is 460 g/mol. The summed E-state index contributed by atoms with van der Waals surface area (Å²) in [7, 11) is 3.15. The minimum absolute atomic E-state index is 0.265. The van der Waals surface area contributed by atoms with Gasteiger partial charge in [-0.2, -0.15) is 0 Å². The molecule has 0 bridgehead atoms. The number of nitrogens with zero attached hydrogens (tertiary/aromatic N) is 1. The summed E-state index contributed by atoms with van der Waals surface area (Å²) in [6, 6.07) is 22.8. The van der Waals surface area contributed by atoms with Gasteiger partial charge in [-0.1, -0.05) is 58.4 Å². The third-order valence-electron chi connectivity index (χ3n) is 4.67. The zero-order chi connectivity index (χ0) is 22.2. The van der Waals surface area contributed by atoms with Crippen molar-refractivity contribution < 1.29 is 19.1 Å². The minimum atomic E-state index is -0.678. The number of carbonyl (C=O) groups excluding carboxylic acids is 2. The number of hydrogen-bond acceptors (Lipinski definition) is 4. The van der Waals surface area contributed by atoms with E-state index in [-0.39, 0.29) is 6.54 Å². The highest BCUT2D eigenvalue weighted by Crippen LogP contribution is 2.29. The topological polar surface area (TPSA) is 67.9 Å². The average Bonchev–Trinajstić information content (AvgIpc) is 2.83. The first-order valence-corrected chi connectivity index (χ1v) is 10.5. The van der Waals surface area contributed by atoms with Crippen LogP contribution in [-0.4, -0.2) is 26.2 Å². The predicted octanol–water partition coefficient (Wildman–Crippen LogP) is 5.08. The van der Waals surface area contributed by atoms with Crippen LogP contribution in [0.15, 0.2) is 78.9 Å². The molecule has 0 aromatic heterocycles. The van der Waals surface area contributed by atoms with E-state index in [1.165, 1.54) is 0 Å². The molecule has 3 aromatic carbocycles. The number of methoxy groups -OCH3 is 2. The highest BCUT2D eigenvalue weighted by atomic mass is 79.9. The number of ether oxygens (including phenoxy) is 2. The molecule has 0 fully saturated rings. The molecule has 0 spiro atoms. The van der Waals surface area contributed by atoms with Crippen molar-refractivity contribution in [3.05, 3.63) is 90.0 Å². The summed E-state index contributed by atoms with van der Waals surface area (Å²) in [4.78, 5) is 26.9. The van der Waals surface area contributed by atoms with E-state index in [0.29, 0.717) is 11.4 Å². The van der Waals surface area contributed by atoms with Gasteiger partial charge >= 0.3 is 6.03 Å². The summed E-state index contributed by atoms with van der Waals surface area (Å²) in [6.07, 6.45) is 0. The number of carbonyl (C=O) groups is 2. The standard InChI is InChI=1S/C24H23BrN2O4/c1-30-20-12-8-17(9-13-20)16-26-24(29)27(19-10-14-21(31-2)15-11-19)23(28)22(25)18-6-4-3-5-7-18/h3-15,22H,16H2,1-2H3,(H,26,29). The SMILES string of the molecule is COc1ccc(CNC(=O)N(C(=O)C(Br)c2ccccc2)c2ccc(OC)cc2)cc1. The van der Waals surface area contributed by atoms with E-state index in [0.717, 1.165) is 21.8 Å². The Morgan fingerprint density at radius 3 is 1.97 bits per heavy atom. The van der Waals surface area contributed by atoms with Gasteiger partial charge in [0.15, 0.2) is 0 Å². The maximum Gasteiger partial charge on any atom is 0.329 e. The van der Waals surface area contributed by atoms with E-state index in [9.17, 15) is 9.59 Å². The molecule has 0 aliphatic rings. The summed E-state index contributed by atoms with van der Waals surface area (Å²) in [5, 5.41) is 2.82. The number of halogens is 1. The van der Waals surface area contributed by atoms with E-state index in [2.05, 4.69) is 21.2 Å². The van der Waals surface area contributed by atoms with E-state index < -0.39 is 16.8 Å². The van der Waals surface area contributed by atoms with Crippen LogP contribution in [-0.2, 0) is 11.3 Å². The smallest absolute Gasteiger partial charge is 0.329 e. The number of rotatable bonds is 7. The molecule has 0 saturated carbocycles. The second kappa shape index (κ2) is 10.6. The molecule has 31 heavy (non-hydrogen) atoms. The molecule has 7 heteroatoms. The Hall–Kier alpha value is -3.32.